The van der Waals surface area contributed by atoms with E-state index in [4.69, 9.17) is 5.73 Å². The van der Waals surface area contributed by atoms with Crippen LogP contribution in [-0.4, -0.2) is 183 Å². The van der Waals surface area contributed by atoms with E-state index >= 15 is 19.2 Å². The number of hydrogen-bond acceptors (Lipinski definition) is 20. The van der Waals surface area contributed by atoms with E-state index in [1.807, 2.05) is 155 Å². The molecule has 28 heteroatoms. The van der Waals surface area contributed by atoms with Crippen molar-refractivity contribution in [3.63, 3.8) is 0 Å². The first-order valence-corrected chi connectivity index (χ1v) is 45.3. The van der Waals surface area contributed by atoms with Crippen molar-refractivity contribution in [3.05, 3.63) is 274 Å². The van der Waals surface area contributed by atoms with Gasteiger partial charge in [-0.05, 0) is 121 Å². The molecule has 0 radical (unpaired) electrons. The monoisotopic (exact) mass is 1740 g/mol. The highest BCUT2D eigenvalue weighted by Crippen LogP contribution is 2.38. The smallest absolute Gasteiger partial charge is 0.244 e. The van der Waals surface area contributed by atoms with Crippen LogP contribution in [0.15, 0.2) is 212 Å². The summed E-state index contributed by atoms with van der Waals surface area (Å²) in [4.78, 5) is 149. The number of Topliss-reactive ketones (excluding diaryl/α,β-unsaturated/α-hetero) is 2. The maximum atomic E-state index is 15.6. The Hall–Kier alpha value is -10.8. The SMILES string of the molecule is CC(=O)C[C@@H]1NC(=O)[C@@H](NC(=O)[C@@H]2CCCN2[C@H](O)[C@@H](N)CC(C)C)CSSC[C@@H](C(=O)N[C@@H](Cc2ccc(-c3ccccc3)cc2)C(=O)N[C@@H](CC(C)=O)[C@@H](O)NCc2cccc(CNC(c3ccccc3)(c3ccccc3)c3ccc(C)cc3)c2)NC(=O)[C@H](C(C)C)N[C@H](O)CNC(=O)[C@H](Cc2ccc(C)cc2)NC(=O)[C@H](Cc2ccc(C)cc2)NC1=O. The predicted molar refractivity (Wildman–Crippen MR) is 488 cm³/mol. The Bertz CT molecular complexity index is 4860. The van der Waals surface area contributed by atoms with Crippen LogP contribution in [0.4, 0.5) is 0 Å². The summed E-state index contributed by atoms with van der Waals surface area (Å²) in [5.41, 5.74) is 17.1. The minimum Gasteiger partial charge on any atom is -0.377 e. The average molecular weight is 1740 g/mol. The first-order valence-electron chi connectivity index (χ1n) is 42.8. The fourth-order valence-electron chi connectivity index (χ4n) is 15.7. The fraction of sp³-hybridized carbons (Fsp3) is 0.402. The number of aryl methyl sites for hydroxylation is 3. The summed E-state index contributed by atoms with van der Waals surface area (Å²) < 4.78 is 0. The average Bonchev–Trinajstić information content (AvgIpc) is 1.44. The molecule has 125 heavy (non-hydrogen) atoms. The molecule has 8 aromatic rings. The molecule has 0 spiro atoms. The van der Waals surface area contributed by atoms with Gasteiger partial charge in [-0.3, -0.25) is 68.8 Å². The molecule has 2 fully saturated rings. The molecule has 26 nitrogen and oxygen atoms in total. The van der Waals surface area contributed by atoms with E-state index in [1.54, 1.807) is 55.1 Å². The molecule has 2 aliphatic heterocycles. The molecule has 2 heterocycles. The van der Waals surface area contributed by atoms with Crippen molar-refractivity contribution in [2.24, 2.45) is 17.6 Å². The predicted octanol–water partition coefficient (Wildman–Crippen LogP) is 7.45. The van der Waals surface area contributed by atoms with Gasteiger partial charge in [0.2, 0.25) is 47.3 Å². The third-order valence-electron chi connectivity index (χ3n) is 22.5. The van der Waals surface area contributed by atoms with E-state index in [-0.39, 0.29) is 61.9 Å². The molecule has 0 saturated carbocycles. The van der Waals surface area contributed by atoms with Crippen molar-refractivity contribution in [1.29, 1.82) is 0 Å². The minimum absolute atomic E-state index is 0.0824. The number of nitrogens with zero attached hydrogens (tertiary/aromatic N) is 1. The summed E-state index contributed by atoms with van der Waals surface area (Å²) >= 11 is 0. The van der Waals surface area contributed by atoms with Gasteiger partial charge in [-0.15, -0.1) is 0 Å². The molecular formula is C97H121N13O13S2. The van der Waals surface area contributed by atoms with Crippen LogP contribution in [0.5, 0.6) is 0 Å². The van der Waals surface area contributed by atoms with Crippen molar-refractivity contribution in [3.8, 4) is 11.1 Å². The number of aliphatic hydroxyl groups excluding tert-OH is 3. The second-order valence-electron chi connectivity index (χ2n) is 33.6. The highest BCUT2D eigenvalue weighted by Gasteiger charge is 2.42. The quantitative estimate of drug-likeness (QED) is 0.0110. The molecule has 0 aliphatic carbocycles. The fourth-order valence-corrected chi connectivity index (χ4v) is 18.0. The van der Waals surface area contributed by atoms with Crippen LogP contribution < -0.4 is 64.2 Å². The van der Waals surface area contributed by atoms with E-state index in [1.165, 1.54) is 13.8 Å². The van der Waals surface area contributed by atoms with Gasteiger partial charge in [0.1, 0.15) is 66.5 Å². The summed E-state index contributed by atoms with van der Waals surface area (Å²) in [6, 6.07) is 54.8. The number of carbonyl (C=O) groups is 10. The molecule has 10 rings (SSSR count). The minimum atomic E-state index is -1.66. The molecule has 664 valence electrons. The number of hydrogen-bond donors (Lipinski definition) is 15. The second-order valence-corrected chi connectivity index (χ2v) is 36.2. The lowest BCUT2D eigenvalue weighted by Crippen LogP contribution is -2.61. The van der Waals surface area contributed by atoms with Crippen LogP contribution in [0.3, 0.4) is 0 Å². The third kappa shape index (κ3) is 28.4. The first kappa shape index (κ1) is 96.5. The van der Waals surface area contributed by atoms with Crippen molar-refractivity contribution < 1.29 is 63.3 Å². The van der Waals surface area contributed by atoms with Gasteiger partial charge >= 0.3 is 0 Å². The summed E-state index contributed by atoms with van der Waals surface area (Å²) in [6.45, 7) is 15.9. The number of nitrogens with two attached hydrogens (primary N) is 1. The normalized spacial score (nSPS) is 20.6. The largest absolute Gasteiger partial charge is 0.377 e. The molecule has 2 aliphatic rings. The molecule has 0 unspecified atom stereocenters. The van der Waals surface area contributed by atoms with Gasteiger partial charge in [0, 0.05) is 69.3 Å². The van der Waals surface area contributed by atoms with Crippen LogP contribution in [0.25, 0.3) is 11.1 Å². The molecule has 13 atom stereocenters. The number of rotatable bonds is 32. The van der Waals surface area contributed by atoms with Gasteiger partial charge in [0.25, 0.3) is 0 Å². The van der Waals surface area contributed by atoms with Gasteiger partial charge in [0.05, 0.1) is 30.2 Å². The summed E-state index contributed by atoms with van der Waals surface area (Å²) in [5, 5.41) is 68.2. The van der Waals surface area contributed by atoms with Crippen LogP contribution >= 0.6 is 21.6 Å². The molecule has 16 N–H and O–H groups in total. The number of likely N-dealkylation sites (tertiary alicyclic amines) is 1. The van der Waals surface area contributed by atoms with Gasteiger partial charge in [-0.25, -0.2) is 0 Å². The molecular weight excluding hydrogens is 1620 g/mol. The second kappa shape index (κ2) is 47.0. The number of ketones is 2. The topological polar surface area (TPSA) is 393 Å². The van der Waals surface area contributed by atoms with Crippen molar-refractivity contribution in [2.45, 2.75) is 211 Å². The lowest BCUT2D eigenvalue weighted by Gasteiger charge is -2.37. The van der Waals surface area contributed by atoms with E-state index in [0.29, 0.717) is 42.6 Å². The lowest BCUT2D eigenvalue weighted by molar-refractivity contribution is -0.136. The van der Waals surface area contributed by atoms with Crippen LogP contribution in [0, 0.1) is 32.6 Å². The van der Waals surface area contributed by atoms with Crippen LogP contribution in [-0.2, 0) is 85.8 Å². The molecule has 0 aromatic heterocycles. The Morgan fingerprint density at radius 1 is 0.552 bits per heavy atom. The molecule has 8 amide bonds. The maximum Gasteiger partial charge on any atom is 0.244 e. The standard InChI is InChI=1S/C97H121N13O13S2/c1-59(2)47-76(98)96(123)110-46-20-29-84(110)94(121)107-82-57-124-125-58-83(108-95(122)86(60(3)4)109-85(113)56-100-88(115)79(51-66-36-30-61(5)31-37-66)104-91(118)80(52-67-38-32-62(6)33-39-67)105-89(116)78(49-65(9)112)103-92(82)119)93(120)106-81(53-68-40-42-72(43-41-68)71-23-13-10-14-24-71)90(117)102-77(48-64(8)111)87(114)99-54-69-21-19-22-70(50-69)55-101-97(73-25-15-11-16-26-73,74-27-17-12-18-28-74)75-44-34-63(7)35-45-75/h10-19,21-28,30-45,50,59-60,76-87,96,99,101,109,113-114,123H,20,29,46-49,51-58,98H2,1-9H3,(H,100,115)(H,102,117)(H,103,119)(H,104,118)(H,105,116)(H,106,120)(H,107,121)(H,108,122)/t76-,77-,78-,79-,80-,81-,82-,83-,84-,85+,86-,87+,96+/m0/s1. The van der Waals surface area contributed by atoms with Crippen molar-refractivity contribution in [1.82, 2.24) is 63.4 Å². The van der Waals surface area contributed by atoms with E-state index < -0.39 is 157 Å². The van der Waals surface area contributed by atoms with Crippen LogP contribution in [0.1, 0.15) is 135 Å². The van der Waals surface area contributed by atoms with E-state index in [2.05, 4.69) is 114 Å². The zero-order valence-electron chi connectivity index (χ0n) is 72.5. The van der Waals surface area contributed by atoms with Crippen molar-refractivity contribution >= 4 is 80.4 Å². The summed E-state index contributed by atoms with van der Waals surface area (Å²) in [5.74, 6) is -8.72. The van der Waals surface area contributed by atoms with E-state index in [0.717, 1.165) is 77.2 Å². The summed E-state index contributed by atoms with van der Waals surface area (Å²) in [6.07, 6.45) is -4.56. The number of carbonyl (C=O) groups excluding carboxylic acids is 10. The van der Waals surface area contributed by atoms with Gasteiger partial charge in [-0.2, -0.15) is 0 Å². The number of nitrogens with one attached hydrogen (secondary N) is 11. The van der Waals surface area contributed by atoms with E-state index in [9.17, 15) is 44.1 Å². The Morgan fingerprint density at radius 3 is 1.64 bits per heavy atom. The van der Waals surface area contributed by atoms with Gasteiger partial charge in [-0.1, -0.05) is 278 Å². The molecule has 8 aromatic carbocycles. The Labute approximate surface area is 740 Å². The zero-order valence-corrected chi connectivity index (χ0v) is 74.2. The Kier molecular flexibility index (Phi) is 36.3. The zero-order chi connectivity index (χ0) is 89.9. The number of benzene rings is 8. The Balaban J connectivity index is 0.958. The highest BCUT2D eigenvalue weighted by molar-refractivity contribution is 8.76. The number of β-amino-alcohol motifs (C(OH)–C–C–N with tert-alkyl or cyclic N) is 1. The van der Waals surface area contributed by atoms with Gasteiger partial charge < -0.3 is 63.6 Å². The Morgan fingerprint density at radius 2 is 1.07 bits per heavy atom. The molecule has 0 bridgehead atoms. The van der Waals surface area contributed by atoms with Crippen molar-refractivity contribution in [2.75, 3.05) is 24.6 Å². The summed E-state index contributed by atoms with van der Waals surface area (Å²) in [7, 11) is 1.97. The van der Waals surface area contributed by atoms with Gasteiger partial charge in [0.15, 0.2) is 0 Å². The molecule has 2 saturated heterocycles. The van der Waals surface area contributed by atoms with Crippen LogP contribution in [0.2, 0.25) is 0 Å². The number of amides is 8. The lowest BCUT2D eigenvalue weighted by atomic mass is 9.76. The maximum absolute atomic E-state index is 15.6. The number of aliphatic hydroxyl groups is 3. The first-order chi connectivity index (χ1) is 59.9. The highest BCUT2D eigenvalue weighted by atomic mass is 33.1. The third-order valence-corrected chi connectivity index (χ3v) is 24.9.